The topological polar surface area (TPSA) is 54.4 Å². The number of unbranched alkanes of at least 4 members (excludes halogenated alkanes) is 2. The van der Waals surface area contributed by atoms with Crippen LogP contribution in [0.2, 0.25) is 0 Å². The predicted octanol–water partition coefficient (Wildman–Crippen LogP) is 2.38. The maximum atomic E-state index is 11.7. The molecule has 0 radical (unpaired) electrons. The molecule has 1 unspecified atom stereocenters. The van der Waals surface area contributed by atoms with Gasteiger partial charge in [0.2, 0.25) is 0 Å². The molecule has 0 aliphatic rings. The lowest BCUT2D eigenvalue weighted by Gasteiger charge is -2.08. The van der Waals surface area contributed by atoms with Crippen molar-refractivity contribution in [3.63, 3.8) is 0 Å². The van der Waals surface area contributed by atoms with E-state index in [4.69, 9.17) is 0 Å². The molecule has 1 rings (SSSR count). The molecule has 0 aromatic heterocycles. The van der Waals surface area contributed by atoms with Crippen LogP contribution in [0.15, 0.2) is 30.3 Å². The molecule has 0 bridgehead atoms. The summed E-state index contributed by atoms with van der Waals surface area (Å²) in [6, 6.07) is 8.41. The molecule has 0 spiro atoms. The van der Waals surface area contributed by atoms with Crippen molar-refractivity contribution in [1.82, 2.24) is 0 Å². The zero-order chi connectivity index (χ0) is 12.7. The summed E-state index contributed by atoms with van der Waals surface area (Å²) in [5, 5.41) is 9.64. The zero-order valence-electron chi connectivity index (χ0n) is 10.1. The van der Waals surface area contributed by atoms with Crippen molar-refractivity contribution in [3.05, 3.63) is 35.9 Å². The highest BCUT2D eigenvalue weighted by Crippen LogP contribution is 2.08. The van der Waals surface area contributed by atoms with Crippen molar-refractivity contribution >= 4 is 11.6 Å². The van der Waals surface area contributed by atoms with Crippen molar-refractivity contribution in [3.8, 4) is 0 Å². The van der Waals surface area contributed by atoms with E-state index in [-0.39, 0.29) is 12.2 Å². The second-order valence-electron chi connectivity index (χ2n) is 4.06. The van der Waals surface area contributed by atoms with Crippen molar-refractivity contribution in [1.29, 1.82) is 0 Å². The van der Waals surface area contributed by atoms with Crippen LogP contribution < -0.4 is 0 Å². The minimum absolute atomic E-state index is 0.271. The smallest absolute Gasteiger partial charge is 0.198 e. The number of rotatable bonds is 7. The first-order valence-electron chi connectivity index (χ1n) is 5.97. The summed E-state index contributed by atoms with van der Waals surface area (Å²) in [4.78, 5) is 23.3. The molecule has 1 aromatic rings. The van der Waals surface area contributed by atoms with E-state index in [1.54, 1.807) is 30.3 Å². The standard InChI is InChI=1S/C14H18O3/c1-2-3-5-10-12(15)14(17)13(16)11-8-6-4-7-9-11/h4,6-9,14,17H,2-3,5,10H2,1H3. The first-order chi connectivity index (χ1) is 8.16. The normalized spacial score (nSPS) is 12.1. The molecule has 0 amide bonds. The quantitative estimate of drug-likeness (QED) is 0.447. The number of hydrogen-bond acceptors (Lipinski definition) is 3. The molecule has 1 N–H and O–H groups in total. The number of benzene rings is 1. The molecule has 0 saturated carbocycles. The lowest BCUT2D eigenvalue weighted by molar-refractivity contribution is -0.125. The van der Waals surface area contributed by atoms with Crippen LogP contribution in [-0.4, -0.2) is 22.8 Å². The van der Waals surface area contributed by atoms with E-state index in [1.807, 2.05) is 6.92 Å². The molecule has 0 fully saturated rings. The van der Waals surface area contributed by atoms with Gasteiger partial charge in [0.15, 0.2) is 17.7 Å². The van der Waals surface area contributed by atoms with Crippen molar-refractivity contribution in [2.24, 2.45) is 0 Å². The predicted molar refractivity (Wildman–Crippen MR) is 65.9 cm³/mol. The lowest BCUT2D eigenvalue weighted by atomic mass is 10.00. The van der Waals surface area contributed by atoms with Crippen molar-refractivity contribution < 1.29 is 14.7 Å². The molecule has 17 heavy (non-hydrogen) atoms. The summed E-state index contributed by atoms with van der Waals surface area (Å²) in [7, 11) is 0. The molecule has 0 aliphatic heterocycles. The van der Waals surface area contributed by atoms with Crippen LogP contribution in [0.4, 0.5) is 0 Å². The number of hydrogen-bond donors (Lipinski definition) is 1. The molecular formula is C14H18O3. The third-order valence-electron chi connectivity index (χ3n) is 2.64. The van der Waals surface area contributed by atoms with Gasteiger partial charge < -0.3 is 5.11 Å². The van der Waals surface area contributed by atoms with Gasteiger partial charge in [-0.05, 0) is 6.42 Å². The Labute approximate surface area is 101 Å². The van der Waals surface area contributed by atoms with E-state index < -0.39 is 11.9 Å². The van der Waals surface area contributed by atoms with E-state index in [0.29, 0.717) is 5.56 Å². The maximum Gasteiger partial charge on any atom is 0.198 e. The Kier molecular flexibility index (Phi) is 5.57. The maximum absolute atomic E-state index is 11.7. The van der Waals surface area contributed by atoms with Gasteiger partial charge in [0, 0.05) is 12.0 Å². The first kappa shape index (κ1) is 13.6. The van der Waals surface area contributed by atoms with Gasteiger partial charge in [0.25, 0.3) is 0 Å². The fourth-order valence-corrected chi connectivity index (χ4v) is 1.59. The Morgan fingerprint density at radius 1 is 1.18 bits per heavy atom. The molecule has 1 aromatic carbocycles. The van der Waals surface area contributed by atoms with E-state index in [9.17, 15) is 14.7 Å². The number of aliphatic hydroxyl groups excluding tert-OH is 1. The lowest BCUT2D eigenvalue weighted by Crippen LogP contribution is -2.29. The summed E-state index contributed by atoms with van der Waals surface area (Å²) in [5.41, 5.74) is 0.379. The number of Topliss-reactive ketones (excluding diaryl/α,β-unsaturated/α-hetero) is 2. The largest absolute Gasteiger partial charge is 0.377 e. The third kappa shape index (κ3) is 4.11. The van der Waals surface area contributed by atoms with Gasteiger partial charge in [-0.25, -0.2) is 0 Å². The SMILES string of the molecule is CCCCCC(=O)C(O)C(=O)c1ccccc1. The highest BCUT2D eigenvalue weighted by Gasteiger charge is 2.23. The van der Waals surface area contributed by atoms with Crippen LogP contribution in [0.5, 0.6) is 0 Å². The van der Waals surface area contributed by atoms with E-state index in [2.05, 4.69) is 0 Å². The van der Waals surface area contributed by atoms with Gasteiger partial charge in [-0.1, -0.05) is 50.1 Å². The highest BCUT2D eigenvalue weighted by atomic mass is 16.3. The third-order valence-corrected chi connectivity index (χ3v) is 2.64. The zero-order valence-corrected chi connectivity index (χ0v) is 10.1. The number of carbonyl (C=O) groups is 2. The second kappa shape index (κ2) is 6.97. The summed E-state index contributed by atoms with van der Waals surface area (Å²) in [5.74, 6) is -0.889. The van der Waals surface area contributed by atoms with Crippen molar-refractivity contribution in [2.75, 3.05) is 0 Å². The Bertz CT molecular complexity index is 370. The van der Waals surface area contributed by atoms with Crippen molar-refractivity contribution in [2.45, 2.75) is 38.7 Å². The fourth-order valence-electron chi connectivity index (χ4n) is 1.59. The number of aliphatic hydroxyl groups is 1. The summed E-state index contributed by atoms with van der Waals surface area (Å²) in [6.07, 6.45) is 1.45. The van der Waals surface area contributed by atoms with Crippen LogP contribution in [-0.2, 0) is 4.79 Å². The molecular weight excluding hydrogens is 216 g/mol. The molecule has 3 heteroatoms. The summed E-state index contributed by atoms with van der Waals surface area (Å²) < 4.78 is 0. The van der Waals surface area contributed by atoms with E-state index >= 15 is 0 Å². The highest BCUT2D eigenvalue weighted by molar-refractivity contribution is 6.12. The Morgan fingerprint density at radius 2 is 1.82 bits per heavy atom. The fraction of sp³-hybridized carbons (Fsp3) is 0.429. The minimum Gasteiger partial charge on any atom is -0.377 e. The van der Waals surface area contributed by atoms with Crippen LogP contribution >= 0.6 is 0 Å². The Balaban J connectivity index is 2.55. The number of ketones is 2. The first-order valence-corrected chi connectivity index (χ1v) is 5.97. The van der Waals surface area contributed by atoms with Gasteiger partial charge >= 0.3 is 0 Å². The molecule has 3 nitrogen and oxygen atoms in total. The minimum atomic E-state index is -1.51. The van der Waals surface area contributed by atoms with Gasteiger partial charge in [-0.15, -0.1) is 0 Å². The van der Waals surface area contributed by atoms with Crippen LogP contribution in [0, 0.1) is 0 Å². The second-order valence-corrected chi connectivity index (χ2v) is 4.06. The average Bonchev–Trinajstić information content (AvgIpc) is 2.38. The molecule has 92 valence electrons. The molecule has 0 saturated heterocycles. The van der Waals surface area contributed by atoms with Crippen LogP contribution in [0.3, 0.4) is 0 Å². The van der Waals surface area contributed by atoms with E-state index in [1.165, 1.54) is 0 Å². The van der Waals surface area contributed by atoms with Gasteiger partial charge in [-0.2, -0.15) is 0 Å². The summed E-state index contributed by atoms with van der Waals surface area (Å²) in [6.45, 7) is 2.04. The number of carbonyl (C=O) groups excluding carboxylic acids is 2. The van der Waals surface area contributed by atoms with Crippen LogP contribution in [0.1, 0.15) is 43.0 Å². The van der Waals surface area contributed by atoms with Gasteiger partial charge in [-0.3, -0.25) is 9.59 Å². The Hall–Kier alpha value is -1.48. The van der Waals surface area contributed by atoms with Crippen LogP contribution in [0.25, 0.3) is 0 Å². The average molecular weight is 234 g/mol. The molecule has 0 heterocycles. The summed E-state index contributed by atoms with van der Waals surface area (Å²) >= 11 is 0. The molecule has 0 aliphatic carbocycles. The van der Waals surface area contributed by atoms with E-state index in [0.717, 1.165) is 19.3 Å². The van der Waals surface area contributed by atoms with Gasteiger partial charge in [0.1, 0.15) is 0 Å². The Morgan fingerprint density at radius 3 is 2.41 bits per heavy atom. The molecule has 1 atom stereocenters. The van der Waals surface area contributed by atoms with Gasteiger partial charge in [0.05, 0.1) is 0 Å². The monoisotopic (exact) mass is 234 g/mol.